The number of carbonyl (C=O) groups excluding carboxylic acids is 3. The standard InChI is InChI=1S/C26H28ClN5O4S/c1-5-14-32-23(22(16(2)3)29-24(34)19-8-6-7-9-20(19)27)30-31-26(32)37-15-21(33)28-18-12-10-17(11-13-18)25(35)36-4/h5-13,16,22H,1,14-15H2,2-4H3,(H,28,33)(H,29,34)/t22-/m1/s1. The van der Waals surface area contributed by atoms with Gasteiger partial charge in [-0.3, -0.25) is 9.59 Å². The Labute approximate surface area is 224 Å². The number of thioether (sulfide) groups is 1. The molecule has 194 valence electrons. The van der Waals surface area contributed by atoms with Gasteiger partial charge in [0.05, 0.1) is 35.1 Å². The minimum absolute atomic E-state index is 0.00619. The van der Waals surface area contributed by atoms with Crippen LogP contribution >= 0.6 is 23.4 Å². The molecule has 0 fully saturated rings. The van der Waals surface area contributed by atoms with Gasteiger partial charge in [0.1, 0.15) is 0 Å². The van der Waals surface area contributed by atoms with Crippen molar-refractivity contribution in [1.29, 1.82) is 0 Å². The number of methoxy groups -OCH3 is 1. The third-order valence-corrected chi connectivity index (χ3v) is 6.63. The van der Waals surface area contributed by atoms with Crippen molar-refractivity contribution in [3.63, 3.8) is 0 Å². The number of nitrogens with zero attached hydrogens (tertiary/aromatic N) is 3. The summed E-state index contributed by atoms with van der Waals surface area (Å²) in [6.07, 6.45) is 1.70. The molecule has 1 aromatic heterocycles. The highest BCUT2D eigenvalue weighted by molar-refractivity contribution is 7.99. The van der Waals surface area contributed by atoms with Crippen molar-refractivity contribution >= 4 is 46.8 Å². The second-order valence-electron chi connectivity index (χ2n) is 8.32. The molecule has 0 unspecified atom stereocenters. The number of allylic oxidation sites excluding steroid dienone is 1. The van der Waals surface area contributed by atoms with Crippen molar-refractivity contribution < 1.29 is 19.1 Å². The van der Waals surface area contributed by atoms with Gasteiger partial charge < -0.3 is 19.9 Å². The minimum atomic E-state index is -0.451. The first kappa shape index (κ1) is 27.9. The van der Waals surface area contributed by atoms with E-state index in [1.54, 1.807) is 54.6 Å². The molecular weight excluding hydrogens is 514 g/mol. The van der Waals surface area contributed by atoms with E-state index >= 15 is 0 Å². The molecule has 0 bridgehead atoms. The van der Waals surface area contributed by atoms with Gasteiger partial charge in [-0.2, -0.15) is 0 Å². The largest absolute Gasteiger partial charge is 0.465 e. The van der Waals surface area contributed by atoms with Crippen molar-refractivity contribution in [2.45, 2.75) is 31.6 Å². The quantitative estimate of drug-likeness (QED) is 0.204. The summed E-state index contributed by atoms with van der Waals surface area (Å²) < 4.78 is 6.50. The molecule has 0 spiro atoms. The molecule has 0 saturated heterocycles. The normalized spacial score (nSPS) is 11.6. The lowest BCUT2D eigenvalue weighted by atomic mass is 10.0. The fraction of sp³-hybridized carbons (Fsp3) is 0.269. The summed E-state index contributed by atoms with van der Waals surface area (Å²) in [5.74, 6) is -0.396. The number of benzene rings is 2. The van der Waals surface area contributed by atoms with Crippen LogP contribution in [0.3, 0.4) is 0 Å². The average Bonchev–Trinajstić information content (AvgIpc) is 3.28. The molecule has 2 N–H and O–H groups in total. The molecule has 0 aliphatic rings. The Kier molecular flexibility index (Phi) is 9.87. The van der Waals surface area contributed by atoms with Crippen molar-refractivity contribution in [2.24, 2.45) is 5.92 Å². The summed E-state index contributed by atoms with van der Waals surface area (Å²) >= 11 is 7.42. The van der Waals surface area contributed by atoms with Gasteiger partial charge in [0, 0.05) is 12.2 Å². The molecule has 11 heteroatoms. The Bertz CT molecular complexity index is 1280. The highest BCUT2D eigenvalue weighted by atomic mass is 35.5. The number of carbonyl (C=O) groups is 3. The van der Waals surface area contributed by atoms with E-state index in [4.69, 9.17) is 11.6 Å². The molecule has 1 heterocycles. The summed E-state index contributed by atoms with van der Waals surface area (Å²) in [4.78, 5) is 37.0. The minimum Gasteiger partial charge on any atom is -0.465 e. The second kappa shape index (κ2) is 13.1. The first-order valence-corrected chi connectivity index (χ1v) is 12.8. The smallest absolute Gasteiger partial charge is 0.337 e. The van der Waals surface area contributed by atoms with Crippen LogP contribution in [0.4, 0.5) is 5.69 Å². The molecule has 1 atom stereocenters. The van der Waals surface area contributed by atoms with E-state index in [-0.39, 0.29) is 23.5 Å². The topological polar surface area (TPSA) is 115 Å². The lowest BCUT2D eigenvalue weighted by molar-refractivity contribution is -0.113. The molecule has 0 aliphatic heterocycles. The predicted octanol–water partition coefficient (Wildman–Crippen LogP) is 4.76. The number of aromatic nitrogens is 3. The van der Waals surface area contributed by atoms with Gasteiger partial charge in [-0.05, 0) is 42.3 Å². The van der Waals surface area contributed by atoms with E-state index in [1.807, 2.05) is 18.4 Å². The van der Waals surface area contributed by atoms with Crippen molar-refractivity contribution in [3.05, 3.63) is 83.2 Å². The Morgan fingerprint density at radius 3 is 2.46 bits per heavy atom. The van der Waals surface area contributed by atoms with E-state index in [9.17, 15) is 14.4 Å². The number of ether oxygens (including phenoxy) is 1. The van der Waals surface area contributed by atoms with Crippen LogP contribution in [0.15, 0.2) is 66.3 Å². The van der Waals surface area contributed by atoms with Gasteiger partial charge in [-0.15, -0.1) is 16.8 Å². The van der Waals surface area contributed by atoms with Gasteiger partial charge in [0.2, 0.25) is 5.91 Å². The van der Waals surface area contributed by atoms with Crippen LogP contribution in [0.1, 0.15) is 46.4 Å². The summed E-state index contributed by atoms with van der Waals surface area (Å²) in [6, 6.07) is 12.8. The van der Waals surface area contributed by atoms with Crippen LogP contribution in [-0.4, -0.2) is 45.4 Å². The van der Waals surface area contributed by atoms with E-state index in [0.717, 1.165) is 0 Å². The van der Waals surface area contributed by atoms with Crippen molar-refractivity contribution in [1.82, 2.24) is 20.1 Å². The van der Waals surface area contributed by atoms with Crippen LogP contribution in [0.25, 0.3) is 0 Å². The number of esters is 1. The van der Waals surface area contributed by atoms with Crippen LogP contribution < -0.4 is 10.6 Å². The Balaban J connectivity index is 1.72. The SMILES string of the molecule is C=CCn1c(SCC(=O)Nc2ccc(C(=O)OC)cc2)nnc1[C@H](NC(=O)c1ccccc1Cl)C(C)C. The molecule has 37 heavy (non-hydrogen) atoms. The van der Waals surface area contributed by atoms with Crippen molar-refractivity contribution in [2.75, 3.05) is 18.2 Å². The molecule has 3 rings (SSSR count). The van der Waals surface area contributed by atoms with E-state index in [2.05, 4.69) is 32.1 Å². The van der Waals surface area contributed by atoms with Gasteiger partial charge in [-0.25, -0.2) is 4.79 Å². The molecule has 0 radical (unpaired) electrons. The number of halogens is 1. The maximum atomic E-state index is 12.9. The summed E-state index contributed by atoms with van der Waals surface area (Å²) in [7, 11) is 1.31. The highest BCUT2D eigenvalue weighted by Gasteiger charge is 2.27. The molecule has 9 nitrogen and oxygen atoms in total. The average molecular weight is 542 g/mol. The zero-order valence-electron chi connectivity index (χ0n) is 20.7. The fourth-order valence-electron chi connectivity index (χ4n) is 3.47. The second-order valence-corrected chi connectivity index (χ2v) is 9.67. The zero-order valence-corrected chi connectivity index (χ0v) is 22.3. The van der Waals surface area contributed by atoms with Crippen molar-refractivity contribution in [3.8, 4) is 0 Å². The van der Waals surface area contributed by atoms with Crippen LogP contribution in [0.5, 0.6) is 0 Å². The number of nitrogens with one attached hydrogen (secondary N) is 2. The van der Waals surface area contributed by atoms with E-state index in [0.29, 0.717) is 39.4 Å². The first-order valence-electron chi connectivity index (χ1n) is 11.5. The highest BCUT2D eigenvalue weighted by Crippen LogP contribution is 2.26. The number of hydrogen-bond donors (Lipinski definition) is 2. The Morgan fingerprint density at radius 2 is 1.84 bits per heavy atom. The van der Waals surface area contributed by atoms with Gasteiger partial charge in [0.25, 0.3) is 5.91 Å². The molecular formula is C26H28ClN5O4S. The molecule has 0 aliphatic carbocycles. The third kappa shape index (κ3) is 7.21. The number of anilines is 1. The molecule has 2 aromatic carbocycles. The lowest BCUT2D eigenvalue weighted by Gasteiger charge is -2.23. The summed E-state index contributed by atoms with van der Waals surface area (Å²) in [5, 5.41) is 15.3. The lowest BCUT2D eigenvalue weighted by Crippen LogP contribution is -2.34. The monoisotopic (exact) mass is 541 g/mol. The first-order chi connectivity index (χ1) is 17.7. The van der Waals surface area contributed by atoms with Crippen LogP contribution in [0.2, 0.25) is 5.02 Å². The molecule has 3 aromatic rings. The fourth-order valence-corrected chi connectivity index (χ4v) is 4.44. The maximum Gasteiger partial charge on any atom is 0.337 e. The Hall–Kier alpha value is -3.63. The number of rotatable bonds is 11. The van der Waals surface area contributed by atoms with Crippen LogP contribution in [-0.2, 0) is 16.1 Å². The summed E-state index contributed by atoms with van der Waals surface area (Å²) in [5.41, 5.74) is 1.31. The van der Waals surface area contributed by atoms with Gasteiger partial charge in [-0.1, -0.05) is 55.4 Å². The zero-order chi connectivity index (χ0) is 26.9. The third-order valence-electron chi connectivity index (χ3n) is 5.33. The van der Waals surface area contributed by atoms with E-state index in [1.165, 1.54) is 18.9 Å². The van der Waals surface area contributed by atoms with Crippen LogP contribution in [0, 0.1) is 5.92 Å². The summed E-state index contributed by atoms with van der Waals surface area (Å²) in [6.45, 7) is 8.15. The number of amides is 2. The van der Waals surface area contributed by atoms with E-state index < -0.39 is 12.0 Å². The Morgan fingerprint density at radius 1 is 1.14 bits per heavy atom. The van der Waals surface area contributed by atoms with Gasteiger partial charge in [0.15, 0.2) is 11.0 Å². The predicted molar refractivity (Wildman–Crippen MR) is 144 cm³/mol. The molecule has 0 saturated carbocycles. The number of hydrogen-bond acceptors (Lipinski definition) is 7. The van der Waals surface area contributed by atoms with Gasteiger partial charge >= 0.3 is 5.97 Å². The molecule has 2 amide bonds. The maximum absolute atomic E-state index is 12.9.